The van der Waals surface area contributed by atoms with E-state index in [0.717, 1.165) is 5.75 Å². The van der Waals surface area contributed by atoms with Gasteiger partial charge in [-0.3, -0.25) is 0 Å². The fourth-order valence-electron chi connectivity index (χ4n) is 2.26. The van der Waals surface area contributed by atoms with Gasteiger partial charge in [0.05, 0.1) is 0 Å². The van der Waals surface area contributed by atoms with Crippen LogP contribution in [0.3, 0.4) is 0 Å². The van der Waals surface area contributed by atoms with Crippen LogP contribution in [0.1, 0.15) is 5.56 Å². The van der Waals surface area contributed by atoms with E-state index in [1.807, 2.05) is 0 Å². The van der Waals surface area contributed by atoms with E-state index in [9.17, 15) is 0 Å². The zero-order valence-corrected chi connectivity index (χ0v) is 9.74. The Kier molecular flexibility index (Phi) is 2.33. The van der Waals surface area contributed by atoms with Crippen LogP contribution in [-0.4, -0.2) is 0 Å². The van der Waals surface area contributed by atoms with Gasteiger partial charge < -0.3 is 0 Å². The predicted octanol–water partition coefficient (Wildman–Crippen LogP) is 4.42. The van der Waals surface area contributed by atoms with Gasteiger partial charge >= 0.3 is 0 Å². The van der Waals surface area contributed by atoms with Crippen molar-refractivity contribution in [2.24, 2.45) is 0 Å². The van der Waals surface area contributed by atoms with Crippen molar-refractivity contribution >= 4 is 34.2 Å². The van der Waals surface area contributed by atoms with Crippen molar-refractivity contribution < 1.29 is 0 Å². The van der Waals surface area contributed by atoms with E-state index in [1.54, 1.807) is 0 Å². The third kappa shape index (κ3) is 1.40. The molecule has 0 amide bonds. The van der Waals surface area contributed by atoms with Gasteiger partial charge in [-0.1, -0.05) is 48.5 Å². The van der Waals surface area contributed by atoms with Gasteiger partial charge in [-0.15, -0.1) is 0 Å². The molecule has 0 nitrogen and oxygen atoms in total. The van der Waals surface area contributed by atoms with Crippen molar-refractivity contribution in [3.05, 3.63) is 60.2 Å². The van der Waals surface area contributed by atoms with Crippen molar-refractivity contribution in [3.63, 3.8) is 0 Å². The first kappa shape index (κ1) is 9.73. The lowest BCUT2D eigenvalue weighted by Crippen LogP contribution is -1.84. The Balaban J connectivity index is 2.57. The molecular weight excluding hydrogens is 212 g/mol. The number of fused-ring (bicyclic) bond motifs is 3. The molecule has 1 heteroatoms. The maximum absolute atomic E-state index is 4.41. The second-order valence-electron chi connectivity index (χ2n) is 3.96. The first-order valence-electron chi connectivity index (χ1n) is 5.40. The van der Waals surface area contributed by atoms with Gasteiger partial charge in [-0.2, -0.15) is 12.6 Å². The first-order chi connectivity index (χ1) is 7.90. The molecule has 0 aliphatic carbocycles. The molecule has 0 saturated carbocycles. The molecule has 0 bridgehead atoms. The molecule has 0 radical (unpaired) electrons. The van der Waals surface area contributed by atoms with Crippen LogP contribution >= 0.6 is 12.6 Å². The van der Waals surface area contributed by atoms with Crippen molar-refractivity contribution in [1.82, 2.24) is 0 Å². The van der Waals surface area contributed by atoms with E-state index in [2.05, 4.69) is 67.2 Å². The average molecular weight is 224 g/mol. The van der Waals surface area contributed by atoms with E-state index >= 15 is 0 Å². The van der Waals surface area contributed by atoms with Gasteiger partial charge in [-0.05, 0) is 33.2 Å². The molecule has 0 unspecified atom stereocenters. The lowest BCUT2D eigenvalue weighted by atomic mass is 9.98. The van der Waals surface area contributed by atoms with Crippen molar-refractivity contribution in [3.8, 4) is 0 Å². The topological polar surface area (TPSA) is 0 Å². The van der Waals surface area contributed by atoms with Crippen molar-refractivity contribution in [2.45, 2.75) is 5.75 Å². The molecule has 0 N–H and O–H groups in total. The maximum Gasteiger partial charge on any atom is 0.0160 e. The highest BCUT2D eigenvalue weighted by Crippen LogP contribution is 2.29. The van der Waals surface area contributed by atoms with Crippen LogP contribution in [-0.2, 0) is 5.75 Å². The van der Waals surface area contributed by atoms with E-state index in [0.29, 0.717) is 0 Å². The Morgan fingerprint density at radius 3 is 2.12 bits per heavy atom. The van der Waals surface area contributed by atoms with E-state index in [4.69, 9.17) is 0 Å². The standard InChI is InChI=1S/C15H12S/c16-10-12-9-11-5-1-2-6-13(11)15-8-4-3-7-14(12)15/h1-9,16H,10H2. The van der Waals surface area contributed by atoms with Crippen LogP contribution in [0.2, 0.25) is 0 Å². The van der Waals surface area contributed by atoms with E-state index in [1.165, 1.54) is 27.1 Å². The van der Waals surface area contributed by atoms with Crippen molar-refractivity contribution in [1.29, 1.82) is 0 Å². The normalized spacial score (nSPS) is 11.1. The van der Waals surface area contributed by atoms with Gasteiger partial charge in [0.25, 0.3) is 0 Å². The van der Waals surface area contributed by atoms with Crippen LogP contribution in [0.4, 0.5) is 0 Å². The van der Waals surface area contributed by atoms with Crippen LogP contribution < -0.4 is 0 Å². The molecule has 0 aliphatic heterocycles. The summed E-state index contributed by atoms with van der Waals surface area (Å²) in [5, 5.41) is 5.26. The predicted molar refractivity (Wildman–Crippen MR) is 74.1 cm³/mol. The minimum Gasteiger partial charge on any atom is -0.175 e. The van der Waals surface area contributed by atoms with Crippen LogP contribution in [0.5, 0.6) is 0 Å². The summed E-state index contributed by atoms with van der Waals surface area (Å²) < 4.78 is 0. The third-order valence-electron chi connectivity index (χ3n) is 3.02. The molecule has 0 fully saturated rings. The molecular formula is C15H12S. The molecule has 78 valence electrons. The fourth-order valence-corrected chi connectivity index (χ4v) is 2.52. The molecule has 0 spiro atoms. The molecule has 3 aromatic carbocycles. The number of benzene rings is 3. The van der Waals surface area contributed by atoms with Crippen LogP contribution in [0.25, 0.3) is 21.5 Å². The molecule has 0 heterocycles. The summed E-state index contributed by atoms with van der Waals surface area (Å²) in [6.45, 7) is 0. The monoisotopic (exact) mass is 224 g/mol. The lowest BCUT2D eigenvalue weighted by molar-refractivity contribution is 1.50. The number of hydrogen-bond donors (Lipinski definition) is 1. The molecule has 0 aromatic heterocycles. The van der Waals surface area contributed by atoms with E-state index in [-0.39, 0.29) is 0 Å². The Morgan fingerprint density at radius 2 is 1.38 bits per heavy atom. The lowest BCUT2D eigenvalue weighted by Gasteiger charge is -2.08. The molecule has 3 rings (SSSR count). The number of thiol groups is 1. The number of rotatable bonds is 1. The van der Waals surface area contributed by atoms with Gasteiger partial charge in [0, 0.05) is 5.75 Å². The molecule has 0 aliphatic rings. The summed E-state index contributed by atoms with van der Waals surface area (Å²) in [4.78, 5) is 0. The summed E-state index contributed by atoms with van der Waals surface area (Å²) in [5.74, 6) is 0.783. The number of hydrogen-bond acceptors (Lipinski definition) is 1. The van der Waals surface area contributed by atoms with Crippen LogP contribution in [0, 0.1) is 0 Å². The summed E-state index contributed by atoms with van der Waals surface area (Å²) in [7, 11) is 0. The molecule has 0 atom stereocenters. The maximum atomic E-state index is 4.41. The highest BCUT2D eigenvalue weighted by Gasteiger charge is 2.03. The highest BCUT2D eigenvalue weighted by atomic mass is 32.1. The zero-order chi connectivity index (χ0) is 11.0. The molecule has 16 heavy (non-hydrogen) atoms. The minimum atomic E-state index is 0.783. The Labute approximate surface area is 100 Å². The minimum absolute atomic E-state index is 0.783. The Morgan fingerprint density at radius 1 is 0.750 bits per heavy atom. The van der Waals surface area contributed by atoms with Crippen molar-refractivity contribution in [2.75, 3.05) is 0 Å². The summed E-state index contributed by atoms with van der Waals surface area (Å²) in [5.41, 5.74) is 1.30. The molecule has 0 saturated heterocycles. The van der Waals surface area contributed by atoms with Crippen LogP contribution in [0.15, 0.2) is 54.6 Å². The van der Waals surface area contributed by atoms with Gasteiger partial charge in [0.15, 0.2) is 0 Å². The second kappa shape index (κ2) is 3.84. The molecule has 3 aromatic rings. The smallest absolute Gasteiger partial charge is 0.0160 e. The van der Waals surface area contributed by atoms with Gasteiger partial charge in [0.1, 0.15) is 0 Å². The zero-order valence-electron chi connectivity index (χ0n) is 8.85. The average Bonchev–Trinajstić information content (AvgIpc) is 2.38. The Hall–Kier alpha value is -1.47. The fraction of sp³-hybridized carbons (Fsp3) is 0.0667. The van der Waals surface area contributed by atoms with E-state index < -0.39 is 0 Å². The largest absolute Gasteiger partial charge is 0.175 e. The highest BCUT2D eigenvalue weighted by molar-refractivity contribution is 7.79. The Bertz CT molecular complexity index is 656. The summed E-state index contributed by atoms with van der Waals surface area (Å²) in [6, 6.07) is 19.3. The SMILES string of the molecule is SCc1cc2ccccc2c2ccccc12. The second-order valence-corrected chi connectivity index (χ2v) is 4.28. The van der Waals surface area contributed by atoms with Gasteiger partial charge in [-0.25, -0.2) is 0 Å². The third-order valence-corrected chi connectivity index (χ3v) is 3.36. The summed E-state index contributed by atoms with van der Waals surface area (Å²) >= 11 is 4.41. The quantitative estimate of drug-likeness (QED) is 0.459. The summed E-state index contributed by atoms with van der Waals surface area (Å²) in [6.07, 6.45) is 0. The first-order valence-corrected chi connectivity index (χ1v) is 6.03. The van der Waals surface area contributed by atoms with Gasteiger partial charge in [0.2, 0.25) is 0 Å².